The van der Waals surface area contributed by atoms with Crippen molar-refractivity contribution < 1.29 is 4.79 Å². The molecule has 0 aliphatic heterocycles. The number of ketones is 1. The molecule has 0 saturated carbocycles. The van der Waals surface area contributed by atoms with Crippen molar-refractivity contribution in [2.75, 3.05) is 6.54 Å². The maximum Gasteiger partial charge on any atom is 0.185 e. The zero-order chi connectivity index (χ0) is 13.0. The van der Waals surface area contributed by atoms with Gasteiger partial charge in [0.1, 0.15) is 5.69 Å². The fourth-order valence-electron chi connectivity index (χ4n) is 1.80. The van der Waals surface area contributed by atoms with E-state index >= 15 is 0 Å². The Hall–Kier alpha value is -2.01. The first-order valence-corrected chi connectivity index (χ1v) is 5.94. The topological polar surface area (TPSA) is 73.8 Å². The van der Waals surface area contributed by atoms with Crippen LogP contribution in [0.4, 0.5) is 0 Å². The van der Waals surface area contributed by atoms with Gasteiger partial charge in [0, 0.05) is 5.92 Å². The van der Waals surface area contributed by atoms with E-state index in [9.17, 15) is 4.79 Å². The highest BCUT2D eigenvalue weighted by atomic mass is 16.1. The summed E-state index contributed by atoms with van der Waals surface area (Å²) in [5, 5.41) is 7.79. The van der Waals surface area contributed by atoms with Gasteiger partial charge in [-0.3, -0.25) is 4.79 Å². The minimum absolute atomic E-state index is 0.0225. The number of hydrogen-bond acceptors (Lipinski definition) is 4. The van der Waals surface area contributed by atoms with Crippen LogP contribution >= 0.6 is 0 Å². The monoisotopic (exact) mass is 244 g/mol. The Morgan fingerprint density at radius 2 is 2.11 bits per heavy atom. The quantitative estimate of drug-likeness (QED) is 0.807. The molecule has 0 bridgehead atoms. The Morgan fingerprint density at radius 3 is 2.78 bits per heavy atom. The molecular formula is C13H16N4O. The summed E-state index contributed by atoms with van der Waals surface area (Å²) in [5.74, 6) is -0.0923. The largest absolute Gasteiger partial charge is 0.330 e. The molecule has 94 valence electrons. The van der Waals surface area contributed by atoms with Gasteiger partial charge in [-0.2, -0.15) is 0 Å². The third-order valence-corrected chi connectivity index (χ3v) is 2.85. The Bertz CT molecular complexity index is 521. The summed E-state index contributed by atoms with van der Waals surface area (Å²) in [6.45, 7) is 2.37. The van der Waals surface area contributed by atoms with Crippen molar-refractivity contribution in [1.82, 2.24) is 15.0 Å². The van der Waals surface area contributed by atoms with Crippen molar-refractivity contribution in [1.29, 1.82) is 0 Å². The average molecular weight is 244 g/mol. The summed E-state index contributed by atoms with van der Waals surface area (Å²) in [7, 11) is 0. The van der Waals surface area contributed by atoms with E-state index in [1.165, 1.54) is 6.20 Å². The predicted octanol–water partition coefficient (Wildman–Crippen LogP) is 1.43. The highest BCUT2D eigenvalue weighted by Crippen LogP contribution is 2.14. The zero-order valence-corrected chi connectivity index (χ0v) is 10.3. The molecule has 1 unspecified atom stereocenters. The Kier molecular flexibility index (Phi) is 3.84. The van der Waals surface area contributed by atoms with Gasteiger partial charge in [0.2, 0.25) is 0 Å². The van der Waals surface area contributed by atoms with Crippen molar-refractivity contribution in [3.8, 4) is 5.69 Å². The van der Waals surface area contributed by atoms with Crippen molar-refractivity contribution in [2.45, 2.75) is 13.3 Å². The molecule has 1 heterocycles. The molecule has 2 N–H and O–H groups in total. The summed E-state index contributed by atoms with van der Waals surface area (Å²) in [5.41, 5.74) is 6.81. The van der Waals surface area contributed by atoms with E-state index in [-0.39, 0.29) is 11.7 Å². The Balaban J connectivity index is 2.31. The van der Waals surface area contributed by atoms with E-state index in [1.54, 1.807) is 4.68 Å². The van der Waals surface area contributed by atoms with E-state index < -0.39 is 0 Å². The Labute approximate surface area is 106 Å². The molecule has 0 aliphatic carbocycles. The van der Waals surface area contributed by atoms with E-state index in [2.05, 4.69) is 10.3 Å². The summed E-state index contributed by atoms with van der Waals surface area (Å²) in [6, 6.07) is 9.49. The molecule has 18 heavy (non-hydrogen) atoms. The molecule has 0 saturated heterocycles. The second-order valence-corrected chi connectivity index (χ2v) is 4.21. The Morgan fingerprint density at radius 1 is 1.39 bits per heavy atom. The fraction of sp³-hybridized carbons (Fsp3) is 0.308. The van der Waals surface area contributed by atoms with Gasteiger partial charge in [-0.05, 0) is 25.1 Å². The van der Waals surface area contributed by atoms with Crippen LogP contribution in [0, 0.1) is 5.92 Å². The molecule has 5 heteroatoms. The van der Waals surface area contributed by atoms with Crippen LogP contribution in [-0.4, -0.2) is 27.3 Å². The van der Waals surface area contributed by atoms with Crippen LogP contribution in [0.5, 0.6) is 0 Å². The molecule has 0 fully saturated rings. The zero-order valence-electron chi connectivity index (χ0n) is 10.3. The first kappa shape index (κ1) is 12.4. The van der Waals surface area contributed by atoms with Crippen LogP contribution in [0.1, 0.15) is 23.8 Å². The minimum atomic E-state index is -0.115. The number of benzene rings is 1. The summed E-state index contributed by atoms with van der Waals surface area (Å²) in [4.78, 5) is 12.2. The lowest BCUT2D eigenvalue weighted by Crippen LogP contribution is -2.19. The highest BCUT2D eigenvalue weighted by molar-refractivity contribution is 5.96. The van der Waals surface area contributed by atoms with Gasteiger partial charge in [0.25, 0.3) is 0 Å². The molecule has 0 aliphatic rings. The molecule has 2 rings (SSSR count). The van der Waals surface area contributed by atoms with Crippen molar-refractivity contribution in [2.24, 2.45) is 11.7 Å². The third kappa shape index (κ3) is 2.46. The van der Waals surface area contributed by atoms with Gasteiger partial charge >= 0.3 is 0 Å². The molecular weight excluding hydrogens is 228 g/mol. The third-order valence-electron chi connectivity index (χ3n) is 2.85. The molecule has 1 aromatic heterocycles. The lowest BCUT2D eigenvalue weighted by Gasteiger charge is -2.10. The van der Waals surface area contributed by atoms with Gasteiger partial charge in [0.05, 0.1) is 11.9 Å². The van der Waals surface area contributed by atoms with Gasteiger partial charge in [-0.15, -0.1) is 5.10 Å². The fourth-order valence-corrected chi connectivity index (χ4v) is 1.80. The maximum absolute atomic E-state index is 12.2. The summed E-state index contributed by atoms with van der Waals surface area (Å²) in [6.07, 6.45) is 2.17. The van der Waals surface area contributed by atoms with E-state index in [4.69, 9.17) is 5.73 Å². The number of nitrogens with two attached hydrogens (primary N) is 1. The molecule has 0 amide bonds. The SMILES string of the molecule is CC(CCN)C(=O)c1cnnn1-c1ccccc1. The van der Waals surface area contributed by atoms with Gasteiger partial charge in [-0.25, -0.2) is 4.68 Å². The van der Waals surface area contributed by atoms with Crippen LogP contribution in [0.3, 0.4) is 0 Å². The summed E-state index contributed by atoms with van der Waals surface area (Å²) < 4.78 is 1.56. The predicted molar refractivity (Wildman–Crippen MR) is 68.5 cm³/mol. The molecule has 2 aromatic rings. The van der Waals surface area contributed by atoms with Crippen molar-refractivity contribution >= 4 is 5.78 Å². The first-order valence-electron chi connectivity index (χ1n) is 5.94. The van der Waals surface area contributed by atoms with E-state index in [0.717, 1.165) is 5.69 Å². The maximum atomic E-state index is 12.2. The van der Waals surface area contributed by atoms with Crippen molar-refractivity contribution in [3.63, 3.8) is 0 Å². The molecule has 0 spiro atoms. The molecule has 0 radical (unpaired) electrons. The van der Waals surface area contributed by atoms with Crippen LogP contribution in [0.25, 0.3) is 5.69 Å². The van der Waals surface area contributed by atoms with Crippen LogP contribution < -0.4 is 5.73 Å². The number of rotatable bonds is 5. The molecule has 1 atom stereocenters. The number of aromatic nitrogens is 3. The smallest absolute Gasteiger partial charge is 0.185 e. The summed E-state index contributed by atoms with van der Waals surface area (Å²) >= 11 is 0. The van der Waals surface area contributed by atoms with Crippen LogP contribution in [0.15, 0.2) is 36.5 Å². The number of para-hydroxylation sites is 1. The minimum Gasteiger partial charge on any atom is -0.330 e. The molecule has 5 nitrogen and oxygen atoms in total. The normalized spacial score (nSPS) is 12.3. The standard InChI is InChI=1S/C13H16N4O/c1-10(7-8-14)13(18)12-9-15-16-17(12)11-5-3-2-4-6-11/h2-6,9-10H,7-8,14H2,1H3. The number of carbonyl (C=O) groups is 1. The second kappa shape index (κ2) is 5.55. The number of nitrogens with zero attached hydrogens (tertiary/aromatic N) is 3. The number of Topliss-reactive ketones (excluding diaryl/α,β-unsaturated/α-hetero) is 1. The second-order valence-electron chi connectivity index (χ2n) is 4.21. The van der Waals surface area contributed by atoms with Gasteiger partial charge in [-0.1, -0.05) is 30.3 Å². The van der Waals surface area contributed by atoms with Gasteiger partial charge < -0.3 is 5.73 Å². The van der Waals surface area contributed by atoms with E-state index in [0.29, 0.717) is 18.7 Å². The van der Waals surface area contributed by atoms with Crippen LogP contribution in [0.2, 0.25) is 0 Å². The highest BCUT2D eigenvalue weighted by Gasteiger charge is 2.19. The first-order chi connectivity index (χ1) is 8.74. The van der Waals surface area contributed by atoms with E-state index in [1.807, 2.05) is 37.3 Å². The number of hydrogen-bond donors (Lipinski definition) is 1. The lowest BCUT2D eigenvalue weighted by atomic mass is 10.0. The average Bonchev–Trinajstić information content (AvgIpc) is 2.88. The van der Waals surface area contributed by atoms with Crippen molar-refractivity contribution in [3.05, 3.63) is 42.2 Å². The molecule has 1 aromatic carbocycles. The lowest BCUT2D eigenvalue weighted by molar-refractivity contribution is 0.0917. The number of carbonyl (C=O) groups excluding carboxylic acids is 1. The van der Waals surface area contributed by atoms with Gasteiger partial charge in [0.15, 0.2) is 5.78 Å². The van der Waals surface area contributed by atoms with Crippen LogP contribution in [-0.2, 0) is 0 Å².